The predicted octanol–water partition coefficient (Wildman–Crippen LogP) is -1.31. The number of hydrogen-bond acceptors (Lipinski definition) is 5. The highest BCUT2D eigenvalue weighted by Gasteiger charge is 2.41. The molecule has 1 rings (SSSR count). The second-order valence-corrected chi connectivity index (χ2v) is 5.06. The maximum atomic E-state index is 11.5. The minimum Gasteiger partial charge on any atom is -0.395 e. The van der Waals surface area contributed by atoms with Crippen molar-refractivity contribution in [2.45, 2.75) is 50.5 Å². The first kappa shape index (κ1) is 16.9. The van der Waals surface area contributed by atoms with Crippen molar-refractivity contribution < 1.29 is 20.1 Å². The Morgan fingerprint density at radius 3 is 2.70 bits per heavy atom. The molecule has 0 aromatic rings. The van der Waals surface area contributed by atoms with Crippen LogP contribution < -0.4 is 5.32 Å². The molecule has 0 aliphatic carbocycles. The van der Waals surface area contributed by atoms with Gasteiger partial charge in [0.25, 0.3) is 0 Å². The summed E-state index contributed by atoms with van der Waals surface area (Å²) in [5, 5.41) is 32.2. The summed E-state index contributed by atoms with van der Waals surface area (Å²) in [7, 11) is 0. The number of amides is 1. The summed E-state index contributed by atoms with van der Waals surface area (Å²) in [4.78, 5) is 13.3. The Bertz CT molecular complexity index is 356. The number of nitrogens with one attached hydrogen (secondary N) is 1. The third kappa shape index (κ3) is 4.18. The molecule has 4 N–H and O–H groups in total. The molecule has 0 saturated carbocycles. The number of carbonyl (C=O) groups is 1. The summed E-state index contributed by atoms with van der Waals surface area (Å²) in [6, 6.07) is -1.07. The molecule has 6 nitrogen and oxygen atoms in total. The summed E-state index contributed by atoms with van der Waals surface area (Å²) >= 11 is 0. The first-order valence-electron chi connectivity index (χ1n) is 6.99. The van der Waals surface area contributed by atoms with Crippen LogP contribution in [0.15, 0.2) is 0 Å². The van der Waals surface area contributed by atoms with Gasteiger partial charge in [0.05, 0.1) is 24.8 Å². The van der Waals surface area contributed by atoms with E-state index in [9.17, 15) is 20.1 Å². The summed E-state index contributed by atoms with van der Waals surface area (Å²) in [6.07, 6.45) is 4.70. The summed E-state index contributed by atoms with van der Waals surface area (Å²) < 4.78 is 0. The average molecular weight is 284 g/mol. The van der Waals surface area contributed by atoms with E-state index in [2.05, 4.69) is 11.2 Å². The zero-order valence-corrected chi connectivity index (χ0v) is 11.8. The fourth-order valence-electron chi connectivity index (χ4n) is 2.48. The van der Waals surface area contributed by atoms with Crippen molar-refractivity contribution in [2.75, 3.05) is 19.7 Å². The highest BCUT2D eigenvalue weighted by molar-refractivity contribution is 5.75. The molecule has 4 atom stereocenters. The van der Waals surface area contributed by atoms with Crippen LogP contribution >= 0.6 is 0 Å². The van der Waals surface area contributed by atoms with Crippen LogP contribution in [0.1, 0.15) is 26.2 Å². The maximum absolute atomic E-state index is 11.5. The van der Waals surface area contributed by atoms with Gasteiger partial charge < -0.3 is 20.6 Å². The topological polar surface area (TPSA) is 93.0 Å². The molecule has 0 radical (unpaired) electrons. The smallest absolute Gasteiger partial charge is 0.220 e. The number of nitrogens with zero attached hydrogens (tertiary/aromatic N) is 1. The fourth-order valence-corrected chi connectivity index (χ4v) is 2.48. The summed E-state index contributed by atoms with van der Waals surface area (Å²) in [6.45, 7) is 2.47. The molecule has 0 aromatic heterocycles. The molecule has 1 fully saturated rings. The number of terminal acetylenes is 1. The van der Waals surface area contributed by atoms with Gasteiger partial charge in [0.15, 0.2) is 0 Å². The zero-order valence-electron chi connectivity index (χ0n) is 11.8. The second-order valence-electron chi connectivity index (χ2n) is 5.06. The second kappa shape index (κ2) is 8.22. The molecule has 0 aromatic carbocycles. The van der Waals surface area contributed by atoms with Gasteiger partial charge in [0.1, 0.15) is 6.10 Å². The van der Waals surface area contributed by atoms with Gasteiger partial charge in [0, 0.05) is 19.4 Å². The van der Waals surface area contributed by atoms with Gasteiger partial charge >= 0.3 is 0 Å². The average Bonchev–Trinajstić information content (AvgIpc) is 2.44. The minimum atomic E-state index is -1.10. The summed E-state index contributed by atoms with van der Waals surface area (Å²) in [5.74, 6) is 2.37. The van der Waals surface area contributed by atoms with E-state index in [1.165, 1.54) is 0 Å². The van der Waals surface area contributed by atoms with Crippen molar-refractivity contribution in [3.05, 3.63) is 0 Å². The molecular formula is C14H24N2O4. The van der Waals surface area contributed by atoms with Gasteiger partial charge in [-0.05, 0) is 13.0 Å². The van der Waals surface area contributed by atoms with Crippen LogP contribution in [-0.2, 0) is 4.79 Å². The lowest BCUT2D eigenvalue weighted by Crippen LogP contribution is -2.66. The maximum Gasteiger partial charge on any atom is 0.220 e. The molecule has 1 aliphatic heterocycles. The first-order valence-corrected chi connectivity index (χ1v) is 6.99. The normalized spacial score (nSPS) is 30.8. The Morgan fingerprint density at radius 2 is 2.15 bits per heavy atom. The number of rotatable bonds is 6. The zero-order chi connectivity index (χ0) is 15.1. The van der Waals surface area contributed by atoms with Crippen LogP contribution in [0, 0.1) is 12.3 Å². The Morgan fingerprint density at radius 1 is 1.45 bits per heavy atom. The molecule has 1 saturated heterocycles. The highest BCUT2D eigenvalue weighted by atomic mass is 16.3. The largest absolute Gasteiger partial charge is 0.395 e. The number of hydrogen-bond donors (Lipinski definition) is 4. The van der Waals surface area contributed by atoms with E-state index in [4.69, 9.17) is 6.42 Å². The number of likely N-dealkylation sites (tertiary alicyclic amines) is 1. The van der Waals surface area contributed by atoms with E-state index in [0.29, 0.717) is 25.9 Å². The molecule has 1 heterocycles. The van der Waals surface area contributed by atoms with Crippen molar-refractivity contribution in [1.29, 1.82) is 0 Å². The predicted molar refractivity (Wildman–Crippen MR) is 74.7 cm³/mol. The number of aliphatic hydroxyl groups is 3. The standard InChI is InChI=1S/C14H24N2O4/c1-3-5-6-7-16-8-10(15-12(18)4-2)13(19)14(20)11(16)9-17/h1,10-11,13-14,17,19-20H,4-9H2,2H3,(H,15,18)/t10-,11+,13+,14+/m0/s1. The van der Waals surface area contributed by atoms with E-state index in [1.807, 2.05) is 4.90 Å². The summed E-state index contributed by atoms with van der Waals surface area (Å²) in [5.41, 5.74) is 0. The Hall–Kier alpha value is -1.13. The fraction of sp³-hybridized carbons (Fsp3) is 0.786. The number of carbonyl (C=O) groups excluding carboxylic acids is 1. The van der Waals surface area contributed by atoms with Crippen LogP contribution in [0.5, 0.6) is 0 Å². The van der Waals surface area contributed by atoms with Crippen LogP contribution in [0.4, 0.5) is 0 Å². The van der Waals surface area contributed by atoms with Crippen molar-refractivity contribution in [3.8, 4) is 12.3 Å². The van der Waals surface area contributed by atoms with E-state index < -0.39 is 24.3 Å². The monoisotopic (exact) mass is 284 g/mol. The Kier molecular flexibility index (Phi) is 6.96. The minimum absolute atomic E-state index is 0.174. The van der Waals surface area contributed by atoms with E-state index in [1.54, 1.807) is 6.92 Å². The van der Waals surface area contributed by atoms with Crippen LogP contribution in [-0.4, -0.2) is 70.1 Å². The molecule has 114 valence electrons. The Labute approximate surface area is 119 Å². The molecule has 1 aliphatic rings. The lowest BCUT2D eigenvalue weighted by atomic mass is 9.92. The number of aliphatic hydroxyl groups excluding tert-OH is 3. The first-order chi connectivity index (χ1) is 9.54. The molecular weight excluding hydrogens is 260 g/mol. The van der Waals surface area contributed by atoms with Gasteiger partial charge in [0.2, 0.25) is 5.91 Å². The van der Waals surface area contributed by atoms with Crippen molar-refractivity contribution in [1.82, 2.24) is 10.2 Å². The molecule has 0 bridgehead atoms. The van der Waals surface area contributed by atoms with Crippen molar-refractivity contribution in [3.63, 3.8) is 0 Å². The molecule has 1 amide bonds. The lowest BCUT2D eigenvalue weighted by Gasteiger charge is -2.45. The molecule has 6 heteroatoms. The van der Waals surface area contributed by atoms with Gasteiger partial charge in [-0.1, -0.05) is 6.92 Å². The van der Waals surface area contributed by atoms with E-state index in [-0.39, 0.29) is 12.5 Å². The van der Waals surface area contributed by atoms with Crippen LogP contribution in [0.2, 0.25) is 0 Å². The third-order valence-electron chi connectivity index (χ3n) is 3.68. The lowest BCUT2D eigenvalue weighted by molar-refractivity contribution is -0.130. The van der Waals surface area contributed by atoms with Gasteiger partial charge in [-0.3, -0.25) is 9.69 Å². The van der Waals surface area contributed by atoms with Crippen molar-refractivity contribution >= 4 is 5.91 Å². The molecule has 0 spiro atoms. The van der Waals surface area contributed by atoms with Gasteiger partial charge in [-0.25, -0.2) is 0 Å². The Balaban J connectivity index is 2.71. The molecule has 0 unspecified atom stereocenters. The van der Waals surface area contributed by atoms with Crippen LogP contribution in [0.3, 0.4) is 0 Å². The SMILES string of the molecule is C#CCCCN1C[C@H](NC(=O)CC)[C@@H](O)[C@H](O)[C@H]1CO. The molecule has 20 heavy (non-hydrogen) atoms. The van der Waals surface area contributed by atoms with E-state index >= 15 is 0 Å². The number of piperidine rings is 1. The van der Waals surface area contributed by atoms with E-state index in [0.717, 1.165) is 6.42 Å². The van der Waals surface area contributed by atoms with Crippen molar-refractivity contribution in [2.24, 2.45) is 0 Å². The number of unbranched alkanes of at least 4 members (excludes halogenated alkanes) is 1. The third-order valence-corrected chi connectivity index (χ3v) is 3.68. The van der Waals surface area contributed by atoms with Gasteiger partial charge in [-0.2, -0.15) is 0 Å². The van der Waals surface area contributed by atoms with Crippen LogP contribution in [0.25, 0.3) is 0 Å². The highest BCUT2D eigenvalue weighted by Crippen LogP contribution is 2.19. The van der Waals surface area contributed by atoms with Gasteiger partial charge in [-0.15, -0.1) is 12.3 Å². The quantitative estimate of drug-likeness (QED) is 0.359.